The van der Waals surface area contributed by atoms with Crippen molar-refractivity contribution in [2.45, 2.75) is 18.9 Å². The molecule has 0 amide bonds. The second kappa shape index (κ2) is 4.69. The van der Waals surface area contributed by atoms with Gasteiger partial charge in [-0.05, 0) is 36.1 Å². The highest BCUT2D eigenvalue weighted by atomic mass is 35.5. The summed E-state index contributed by atoms with van der Waals surface area (Å²) < 4.78 is 5.28. The maximum absolute atomic E-state index is 6.13. The molecule has 0 radical (unpaired) electrons. The van der Waals surface area contributed by atoms with Crippen molar-refractivity contribution in [2.24, 2.45) is 5.73 Å². The van der Waals surface area contributed by atoms with Gasteiger partial charge in [0.15, 0.2) is 0 Å². The Morgan fingerprint density at radius 1 is 1.40 bits per heavy atom. The molecule has 80 valence electrons. The van der Waals surface area contributed by atoms with Gasteiger partial charge in [-0.3, -0.25) is 0 Å². The summed E-state index contributed by atoms with van der Waals surface area (Å²) in [5.74, 6) is 0. The first kappa shape index (κ1) is 10.5. The fraction of sp³-hybridized carbons (Fsp3) is 0.333. The molecule has 1 unspecified atom stereocenters. The summed E-state index contributed by atoms with van der Waals surface area (Å²) in [6.45, 7) is 0.797. The lowest BCUT2D eigenvalue weighted by Gasteiger charge is -2.20. The van der Waals surface area contributed by atoms with E-state index in [1.807, 2.05) is 24.3 Å². The molecule has 1 atom stereocenters. The number of halogens is 1. The molecule has 0 fully saturated rings. The van der Waals surface area contributed by atoms with Crippen molar-refractivity contribution in [1.29, 1.82) is 0 Å². The molecular weight excluding hydrogens is 210 g/mol. The fourth-order valence-electron chi connectivity index (χ4n) is 1.73. The summed E-state index contributed by atoms with van der Waals surface area (Å²) in [6, 6.07) is 7.57. The molecule has 0 saturated carbocycles. The van der Waals surface area contributed by atoms with Crippen LogP contribution in [0.15, 0.2) is 36.1 Å². The second-order valence-electron chi connectivity index (χ2n) is 3.70. The predicted molar refractivity (Wildman–Crippen MR) is 61.6 cm³/mol. The summed E-state index contributed by atoms with van der Waals surface area (Å²) in [5.41, 5.74) is 8.31. The number of hydrogen-bond donors (Lipinski definition) is 1. The van der Waals surface area contributed by atoms with Crippen molar-refractivity contribution in [3.05, 3.63) is 46.7 Å². The van der Waals surface area contributed by atoms with Crippen LogP contribution in [0.1, 0.15) is 24.4 Å². The van der Waals surface area contributed by atoms with E-state index in [0.29, 0.717) is 0 Å². The molecule has 0 aromatic heterocycles. The lowest BCUT2D eigenvalue weighted by molar-refractivity contribution is 0.221. The maximum atomic E-state index is 6.13. The van der Waals surface area contributed by atoms with Crippen LogP contribution >= 0.6 is 11.6 Å². The summed E-state index contributed by atoms with van der Waals surface area (Å²) in [4.78, 5) is 0. The Bertz CT molecular complexity index is 376. The van der Waals surface area contributed by atoms with E-state index in [1.165, 1.54) is 0 Å². The minimum Gasteiger partial charge on any atom is -0.501 e. The number of hydrogen-bond acceptors (Lipinski definition) is 2. The third-order valence-electron chi connectivity index (χ3n) is 2.57. The Labute approximate surface area is 94.7 Å². The van der Waals surface area contributed by atoms with Crippen LogP contribution in [-0.4, -0.2) is 6.61 Å². The molecule has 1 aromatic carbocycles. The minimum atomic E-state index is -0.0935. The summed E-state index contributed by atoms with van der Waals surface area (Å²) in [7, 11) is 0. The minimum absolute atomic E-state index is 0.0935. The Balaban J connectivity index is 2.19. The molecule has 15 heavy (non-hydrogen) atoms. The Morgan fingerprint density at radius 3 is 2.93 bits per heavy atom. The summed E-state index contributed by atoms with van der Waals surface area (Å²) in [5, 5.41) is 0.722. The van der Waals surface area contributed by atoms with Gasteiger partial charge < -0.3 is 10.5 Å². The van der Waals surface area contributed by atoms with E-state index in [2.05, 4.69) is 0 Å². The molecule has 1 aliphatic rings. The highest BCUT2D eigenvalue weighted by molar-refractivity contribution is 6.30. The quantitative estimate of drug-likeness (QED) is 0.837. The van der Waals surface area contributed by atoms with Crippen LogP contribution in [0.4, 0.5) is 0 Å². The topological polar surface area (TPSA) is 35.2 Å². The monoisotopic (exact) mass is 223 g/mol. The zero-order valence-electron chi connectivity index (χ0n) is 8.45. The number of rotatable bonds is 2. The van der Waals surface area contributed by atoms with Gasteiger partial charge in [-0.25, -0.2) is 0 Å². The van der Waals surface area contributed by atoms with E-state index in [-0.39, 0.29) is 6.04 Å². The van der Waals surface area contributed by atoms with Crippen LogP contribution in [0, 0.1) is 0 Å². The first-order valence-corrected chi connectivity index (χ1v) is 5.47. The van der Waals surface area contributed by atoms with Crippen molar-refractivity contribution in [3.8, 4) is 0 Å². The smallest absolute Gasteiger partial charge is 0.0876 e. The van der Waals surface area contributed by atoms with E-state index in [1.54, 1.807) is 6.26 Å². The molecule has 2 rings (SSSR count). The van der Waals surface area contributed by atoms with Gasteiger partial charge in [-0.1, -0.05) is 23.7 Å². The van der Waals surface area contributed by atoms with Crippen molar-refractivity contribution in [2.75, 3.05) is 6.61 Å². The summed E-state index contributed by atoms with van der Waals surface area (Å²) >= 11 is 5.92. The van der Waals surface area contributed by atoms with Crippen molar-refractivity contribution >= 4 is 11.6 Å². The van der Waals surface area contributed by atoms with E-state index in [0.717, 1.165) is 35.6 Å². The first-order valence-electron chi connectivity index (χ1n) is 5.09. The van der Waals surface area contributed by atoms with Gasteiger partial charge >= 0.3 is 0 Å². The van der Waals surface area contributed by atoms with Gasteiger partial charge in [0.05, 0.1) is 18.9 Å². The Morgan fingerprint density at radius 2 is 2.27 bits per heavy atom. The molecule has 0 saturated heterocycles. The van der Waals surface area contributed by atoms with Gasteiger partial charge in [0, 0.05) is 5.02 Å². The van der Waals surface area contributed by atoms with Crippen LogP contribution in [0.2, 0.25) is 5.02 Å². The molecule has 0 aliphatic carbocycles. The van der Waals surface area contributed by atoms with E-state index >= 15 is 0 Å². The molecular formula is C12H14ClNO. The molecule has 1 aromatic rings. The maximum Gasteiger partial charge on any atom is 0.0876 e. The van der Waals surface area contributed by atoms with Gasteiger partial charge in [0.1, 0.15) is 0 Å². The zero-order valence-corrected chi connectivity index (χ0v) is 9.20. The van der Waals surface area contributed by atoms with Crippen LogP contribution in [0.5, 0.6) is 0 Å². The van der Waals surface area contributed by atoms with E-state index in [4.69, 9.17) is 22.1 Å². The first-order chi connectivity index (χ1) is 7.27. The summed E-state index contributed by atoms with van der Waals surface area (Å²) in [6.07, 6.45) is 3.84. The molecule has 2 N–H and O–H groups in total. The van der Waals surface area contributed by atoms with Crippen molar-refractivity contribution < 1.29 is 4.74 Å². The van der Waals surface area contributed by atoms with Gasteiger partial charge in [-0.15, -0.1) is 0 Å². The fourth-order valence-corrected chi connectivity index (χ4v) is 1.93. The largest absolute Gasteiger partial charge is 0.501 e. The number of benzene rings is 1. The van der Waals surface area contributed by atoms with E-state index in [9.17, 15) is 0 Å². The Kier molecular flexibility index (Phi) is 3.29. The third kappa shape index (κ3) is 2.52. The standard InChI is InChI=1S/C12H14ClNO/c13-11-5-1-3-9(7-11)12(14)10-4-2-6-15-8-10/h1,3,5,7-8,12H,2,4,6,14H2. The average molecular weight is 224 g/mol. The normalized spacial score (nSPS) is 17.9. The van der Waals surface area contributed by atoms with Crippen molar-refractivity contribution in [1.82, 2.24) is 0 Å². The lowest BCUT2D eigenvalue weighted by Crippen LogP contribution is -2.16. The number of nitrogens with two attached hydrogens (primary N) is 1. The average Bonchev–Trinajstić information content (AvgIpc) is 2.29. The molecule has 1 heterocycles. The zero-order chi connectivity index (χ0) is 10.7. The Hall–Kier alpha value is -0.990. The predicted octanol–water partition coefficient (Wildman–Crippen LogP) is 3.03. The van der Waals surface area contributed by atoms with Crippen LogP contribution in [0.3, 0.4) is 0 Å². The van der Waals surface area contributed by atoms with Crippen LogP contribution in [-0.2, 0) is 4.74 Å². The van der Waals surface area contributed by atoms with Crippen molar-refractivity contribution in [3.63, 3.8) is 0 Å². The molecule has 0 spiro atoms. The lowest BCUT2D eigenvalue weighted by atomic mass is 9.96. The SMILES string of the molecule is NC(C1=COCCC1)c1cccc(Cl)c1. The molecule has 3 heteroatoms. The van der Waals surface area contributed by atoms with Gasteiger partial charge in [-0.2, -0.15) is 0 Å². The van der Waals surface area contributed by atoms with E-state index < -0.39 is 0 Å². The molecule has 2 nitrogen and oxygen atoms in total. The molecule has 1 aliphatic heterocycles. The van der Waals surface area contributed by atoms with Gasteiger partial charge in [0.2, 0.25) is 0 Å². The van der Waals surface area contributed by atoms with Crippen LogP contribution in [0.25, 0.3) is 0 Å². The highest BCUT2D eigenvalue weighted by Crippen LogP contribution is 2.26. The third-order valence-corrected chi connectivity index (χ3v) is 2.80. The highest BCUT2D eigenvalue weighted by Gasteiger charge is 2.14. The number of ether oxygens (including phenoxy) is 1. The van der Waals surface area contributed by atoms with Gasteiger partial charge in [0.25, 0.3) is 0 Å². The van der Waals surface area contributed by atoms with Crippen LogP contribution < -0.4 is 5.73 Å². The second-order valence-corrected chi connectivity index (χ2v) is 4.14. The molecule has 0 bridgehead atoms.